The first-order valence-corrected chi connectivity index (χ1v) is 5.85. The number of aliphatic carboxylic acids is 1. The third-order valence-corrected chi connectivity index (χ3v) is 2.24. The second-order valence-electron chi connectivity index (χ2n) is 5.11. The first-order valence-electron chi connectivity index (χ1n) is 5.85. The van der Waals surface area contributed by atoms with Crippen LogP contribution in [0.2, 0.25) is 0 Å². The van der Waals surface area contributed by atoms with Crippen molar-refractivity contribution in [3.8, 4) is 0 Å². The van der Waals surface area contributed by atoms with Crippen LogP contribution >= 0.6 is 0 Å². The van der Waals surface area contributed by atoms with E-state index < -0.39 is 11.6 Å². The van der Waals surface area contributed by atoms with Crippen molar-refractivity contribution >= 4 is 11.9 Å². The first kappa shape index (κ1) is 14.3. The molecule has 1 aromatic heterocycles. The fourth-order valence-corrected chi connectivity index (χ4v) is 1.58. The number of carboxylic acid groups (broad SMARTS) is 1. The zero-order chi connectivity index (χ0) is 13.8. The van der Waals surface area contributed by atoms with Crippen LogP contribution < -0.4 is 0 Å². The molecular weight excluding hydrogens is 234 g/mol. The zero-order valence-corrected chi connectivity index (χ0v) is 11.0. The molecule has 0 spiro atoms. The highest BCUT2D eigenvalue weighted by Crippen LogP contribution is 2.10. The van der Waals surface area contributed by atoms with Gasteiger partial charge >= 0.3 is 11.9 Å². The summed E-state index contributed by atoms with van der Waals surface area (Å²) in [6.45, 7) is 5.54. The van der Waals surface area contributed by atoms with E-state index in [2.05, 4.69) is 0 Å². The smallest absolute Gasteiger partial charge is 0.326 e. The van der Waals surface area contributed by atoms with Crippen molar-refractivity contribution in [1.82, 2.24) is 4.57 Å². The van der Waals surface area contributed by atoms with Crippen LogP contribution in [-0.2, 0) is 27.3 Å². The summed E-state index contributed by atoms with van der Waals surface area (Å²) in [5.41, 5.74) is 0.314. The summed E-state index contributed by atoms with van der Waals surface area (Å²) in [5, 5.41) is 8.64. The molecule has 5 nitrogen and oxygen atoms in total. The van der Waals surface area contributed by atoms with Crippen LogP contribution in [0.4, 0.5) is 0 Å². The molecule has 100 valence electrons. The van der Waals surface area contributed by atoms with Gasteiger partial charge in [-0.05, 0) is 39.3 Å². The number of ether oxygens (including phenoxy) is 1. The van der Waals surface area contributed by atoms with E-state index >= 15 is 0 Å². The van der Waals surface area contributed by atoms with Crippen molar-refractivity contribution in [1.29, 1.82) is 0 Å². The van der Waals surface area contributed by atoms with Gasteiger partial charge in [0.25, 0.3) is 0 Å². The van der Waals surface area contributed by atoms with E-state index in [9.17, 15) is 9.59 Å². The Hall–Kier alpha value is -1.78. The van der Waals surface area contributed by atoms with Gasteiger partial charge in [-0.25, -0.2) is 0 Å². The fraction of sp³-hybridized carbons (Fsp3) is 0.538. The molecule has 0 bridgehead atoms. The van der Waals surface area contributed by atoms with E-state index in [0.717, 1.165) is 5.69 Å². The topological polar surface area (TPSA) is 68.5 Å². The summed E-state index contributed by atoms with van der Waals surface area (Å²) in [4.78, 5) is 22.2. The van der Waals surface area contributed by atoms with Crippen LogP contribution in [0, 0.1) is 0 Å². The maximum Gasteiger partial charge on any atom is 0.326 e. The standard InChI is InChI=1S/C13H19NO4/c1-13(2,3)18-12(17)9-14-8-4-5-10(14)6-7-11(15)16/h4-5,8H,6-7,9H2,1-3H3,(H,15,16). The Bertz CT molecular complexity index is 428. The Labute approximate surface area is 106 Å². The number of aromatic nitrogens is 1. The van der Waals surface area contributed by atoms with Gasteiger partial charge in [-0.15, -0.1) is 0 Å². The lowest BCUT2D eigenvalue weighted by atomic mass is 10.2. The van der Waals surface area contributed by atoms with E-state index in [1.807, 2.05) is 26.8 Å². The summed E-state index contributed by atoms with van der Waals surface area (Å²) in [5.74, 6) is -1.17. The van der Waals surface area contributed by atoms with Crippen molar-refractivity contribution in [2.24, 2.45) is 0 Å². The maximum atomic E-state index is 11.7. The molecule has 1 rings (SSSR count). The molecule has 0 aliphatic rings. The number of rotatable bonds is 5. The predicted molar refractivity (Wildman–Crippen MR) is 66.2 cm³/mol. The van der Waals surface area contributed by atoms with Crippen LogP contribution in [-0.4, -0.2) is 27.2 Å². The second-order valence-corrected chi connectivity index (χ2v) is 5.11. The molecule has 0 aliphatic heterocycles. The molecule has 0 saturated carbocycles. The summed E-state index contributed by atoms with van der Waals surface area (Å²) < 4.78 is 6.93. The van der Waals surface area contributed by atoms with Gasteiger partial charge < -0.3 is 14.4 Å². The first-order chi connectivity index (χ1) is 8.28. The average molecular weight is 253 g/mol. The minimum atomic E-state index is -0.847. The van der Waals surface area contributed by atoms with Gasteiger partial charge in [0, 0.05) is 11.9 Å². The molecule has 5 heteroatoms. The van der Waals surface area contributed by atoms with Crippen LogP contribution in [0.15, 0.2) is 18.3 Å². The van der Waals surface area contributed by atoms with E-state index in [0.29, 0.717) is 6.42 Å². The second kappa shape index (κ2) is 5.71. The maximum absolute atomic E-state index is 11.7. The molecular formula is C13H19NO4. The highest BCUT2D eigenvalue weighted by molar-refractivity contribution is 5.70. The molecule has 0 aromatic carbocycles. The Morgan fingerprint density at radius 2 is 2.06 bits per heavy atom. The molecule has 1 heterocycles. The SMILES string of the molecule is CC(C)(C)OC(=O)Cn1cccc1CCC(=O)O. The van der Waals surface area contributed by atoms with Crippen LogP contribution in [0.3, 0.4) is 0 Å². The van der Waals surface area contributed by atoms with Gasteiger partial charge in [-0.2, -0.15) is 0 Å². The Morgan fingerprint density at radius 1 is 1.39 bits per heavy atom. The van der Waals surface area contributed by atoms with Crippen molar-refractivity contribution < 1.29 is 19.4 Å². The number of carbonyl (C=O) groups excluding carboxylic acids is 1. The van der Waals surface area contributed by atoms with E-state index in [-0.39, 0.29) is 18.9 Å². The van der Waals surface area contributed by atoms with Gasteiger partial charge in [0.05, 0.1) is 6.42 Å². The highest BCUT2D eigenvalue weighted by atomic mass is 16.6. The summed E-state index contributed by atoms with van der Waals surface area (Å²) in [6.07, 6.45) is 2.21. The van der Waals surface area contributed by atoms with E-state index in [1.165, 1.54) is 0 Å². The molecule has 1 N–H and O–H groups in total. The number of hydrogen-bond acceptors (Lipinski definition) is 3. The Kier molecular flexibility index (Phi) is 4.53. The molecule has 1 aromatic rings. The average Bonchev–Trinajstić information content (AvgIpc) is 2.59. The van der Waals surface area contributed by atoms with Gasteiger partial charge in [-0.1, -0.05) is 0 Å². The van der Waals surface area contributed by atoms with Crippen molar-refractivity contribution in [3.63, 3.8) is 0 Å². The van der Waals surface area contributed by atoms with Crippen molar-refractivity contribution in [3.05, 3.63) is 24.0 Å². The van der Waals surface area contributed by atoms with Crippen LogP contribution in [0.5, 0.6) is 0 Å². The zero-order valence-electron chi connectivity index (χ0n) is 11.0. The number of esters is 1. The summed E-state index contributed by atoms with van der Waals surface area (Å²) in [6, 6.07) is 3.61. The Balaban J connectivity index is 2.59. The van der Waals surface area contributed by atoms with Gasteiger partial charge in [0.1, 0.15) is 12.1 Å². The lowest BCUT2D eigenvalue weighted by molar-refractivity contribution is -0.155. The number of carboxylic acids is 1. The van der Waals surface area contributed by atoms with Gasteiger partial charge in [0.15, 0.2) is 0 Å². The van der Waals surface area contributed by atoms with Crippen LogP contribution in [0.1, 0.15) is 32.9 Å². The van der Waals surface area contributed by atoms with Crippen molar-refractivity contribution in [2.45, 2.75) is 45.8 Å². The molecule has 0 atom stereocenters. The molecule has 0 unspecified atom stereocenters. The minimum absolute atomic E-state index is 0.0539. The summed E-state index contributed by atoms with van der Waals surface area (Å²) >= 11 is 0. The lowest BCUT2D eigenvalue weighted by Gasteiger charge is -2.20. The third kappa shape index (κ3) is 5.03. The fourth-order valence-electron chi connectivity index (χ4n) is 1.58. The quantitative estimate of drug-likeness (QED) is 0.813. The van der Waals surface area contributed by atoms with Gasteiger partial charge in [-0.3, -0.25) is 9.59 Å². The largest absolute Gasteiger partial charge is 0.481 e. The molecule has 18 heavy (non-hydrogen) atoms. The third-order valence-electron chi connectivity index (χ3n) is 2.24. The predicted octanol–water partition coefficient (Wildman–Crippen LogP) is 1.85. The number of nitrogens with zero attached hydrogens (tertiary/aromatic N) is 1. The number of carbonyl (C=O) groups is 2. The Morgan fingerprint density at radius 3 is 2.61 bits per heavy atom. The van der Waals surface area contributed by atoms with Gasteiger partial charge in [0.2, 0.25) is 0 Å². The molecule has 0 amide bonds. The summed E-state index contributed by atoms with van der Waals surface area (Å²) in [7, 11) is 0. The number of hydrogen-bond donors (Lipinski definition) is 1. The normalized spacial score (nSPS) is 11.3. The van der Waals surface area contributed by atoms with Crippen LogP contribution in [0.25, 0.3) is 0 Å². The minimum Gasteiger partial charge on any atom is -0.481 e. The van der Waals surface area contributed by atoms with Crippen molar-refractivity contribution in [2.75, 3.05) is 0 Å². The number of aryl methyl sites for hydroxylation is 1. The molecule has 0 fully saturated rings. The molecule has 0 saturated heterocycles. The highest BCUT2D eigenvalue weighted by Gasteiger charge is 2.17. The van der Waals surface area contributed by atoms with E-state index in [4.69, 9.17) is 9.84 Å². The molecule has 0 radical (unpaired) electrons. The monoisotopic (exact) mass is 253 g/mol. The van der Waals surface area contributed by atoms with E-state index in [1.54, 1.807) is 16.8 Å². The molecule has 0 aliphatic carbocycles. The lowest BCUT2D eigenvalue weighted by Crippen LogP contribution is -2.26.